The van der Waals surface area contributed by atoms with Crippen LogP contribution in [0.2, 0.25) is 0 Å². The van der Waals surface area contributed by atoms with Gasteiger partial charge in [0, 0.05) is 6.42 Å². The predicted octanol–water partition coefficient (Wildman–Crippen LogP) is 2.23. The molecule has 4 heteroatoms. The monoisotopic (exact) mass is 150 g/mol. The second kappa shape index (κ2) is 2.86. The standard InChI is InChI=1S/C6H8F2O2/c1-2-3-4-9-5(7)6(8)10-4/h4H,2-3H2,1H3. The summed E-state index contributed by atoms with van der Waals surface area (Å²) in [4.78, 5) is 0. The molecule has 1 heterocycles. The lowest BCUT2D eigenvalue weighted by molar-refractivity contribution is -0.0654. The Bertz CT molecular complexity index is 142. The second-order valence-electron chi connectivity index (χ2n) is 2.00. The van der Waals surface area contributed by atoms with Crippen molar-refractivity contribution in [3.8, 4) is 0 Å². The summed E-state index contributed by atoms with van der Waals surface area (Å²) < 4.78 is 32.8. The van der Waals surface area contributed by atoms with Crippen molar-refractivity contribution in [2.24, 2.45) is 0 Å². The average Bonchev–Trinajstić information content (AvgIpc) is 2.14. The first kappa shape index (κ1) is 7.31. The molecule has 0 amide bonds. The van der Waals surface area contributed by atoms with Gasteiger partial charge >= 0.3 is 12.0 Å². The highest BCUT2D eigenvalue weighted by molar-refractivity contribution is 4.88. The molecule has 1 rings (SSSR count). The average molecular weight is 150 g/mol. The largest absolute Gasteiger partial charge is 0.426 e. The molecule has 2 nitrogen and oxygen atoms in total. The molecular formula is C6H8F2O2. The van der Waals surface area contributed by atoms with E-state index in [9.17, 15) is 8.78 Å². The molecule has 10 heavy (non-hydrogen) atoms. The summed E-state index contributed by atoms with van der Waals surface area (Å²) in [6, 6.07) is -2.48. The van der Waals surface area contributed by atoms with E-state index < -0.39 is 18.3 Å². The number of ether oxygens (including phenoxy) is 2. The van der Waals surface area contributed by atoms with Gasteiger partial charge in [0.2, 0.25) is 6.29 Å². The van der Waals surface area contributed by atoms with Gasteiger partial charge in [0.15, 0.2) is 0 Å². The van der Waals surface area contributed by atoms with Crippen LogP contribution >= 0.6 is 0 Å². The van der Waals surface area contributed by atoms with Crippen molar-refractivity contribution < 1.29 is 18.3 Å². The molecule has 0 unspecified atom stereocenters. The van der Waals surface area contributed by atoms with E-state index in [1.54, 1.807) is 0 Å². The van der Waals surface area contributed by atoms with Crippen LogP contribution in [0.4, 0.5) is 8.78 Å². The minimum absolute atomic E-state index is 0.501. The topological polar surface area (TPSA) is 18.5 Å². The van der Waals surface area contributed by atoms with Gasteiger partial charge in [0.25, 0.3) is 0 Å². The first-order chi connectivity index (χ1) is 4.74. The SMILES string of the molecule is CCCC1OC(F)=C(F)O1. The molecule has 0 spiro atoms. The molecule has 1 aliphatic heterocycles. The summed E-state index contributed by atoms with van der Waals surface area (Å²) in [7, 11) is 0. The molecule has 58 valence electrons. The maximum Gasteiger partial charge on any atom is 0.350 e. The molecule has 0 atom stereocenters. The van der Waals surface area contributed by atoms with Crippen LogP contribution < -0.4 is 0 Å². The van der Waals surface area contributed by atoms with Crippen molar-refractivity contribution in [2.75, 3.05) is 0 Å². The zero-order valence-corrected chi connectivity index (χ0v) is 5.56. The van der Waals surface area contributed by atoms with E-state index in [4.69, 9.17) is 0 Å². The molecular weight excluding hydrogens is 142 g/mol. The van der Waals surface area contributed by atoms with Crippen molar-refractivity contribution in [1.29, 1.82) is 0 Å². The minimum Gasteiger partial charge on any atom is -0.426 e. The highest BCUT2D eigenvalue weighted by Gasteiger charge is 2.26. The summed E-state index contributed by atoms with van der Waals surface area (Å²) in [6.07, 6.45) is 0.511. The van der Waals surface area contributed by atoms with E-state index in [1.165, 1.54) is 0 Å². The smallest absolute Gasteiger partial charge is 0.350 e. The molecule has 0 aromatic carbocycles. The van der Waals surface area contributed by atoms with Crippen molar-refractivity contribution in [3.63, 3.8) is 0 Å². The van der Waals surface area contributed by atoms with Crippen LogP contribution in [0, 0.1) is 0 Å². The third-order valence-electron chi connectivity index (χ3n) is 1.15. The highest BCUT2D eigenvalue weighted by Crippen LogP contribution is 2.25. The van der Waals surface area contributed by atoms with E-state index in [-0.39, 0.29) is 0 Å². The lowest BCUT2D eigenvalue weighted by Crippen LogP contribution is -2.06. The first-order valence-electron chi connectivity index (χ1n) is 3.12. The quantitative estimate of drug-likeness (QED) is 0.600. The van der Waals surface area contributed by atoms with Crippen molar-refractivity contribution in [2.45, 2.75) is 26.1 Å². The third kappa shape index (κ3) is 1.37. The molecule has 0 saturated carbocycles. The van der Waals surface area contributed by atoms with Gasteiger partial charge in [-0.05, 0) is 6.42 Å². The van der Waals surface area contributed by atoms with E-state index in [1.807, 2.05) is 6.92 Å². The summed E-state index contributed by atoms with van der Waals surface area (Å²) >= 11 is 0. The Morgan fingerprint density at radius 1 is 1.30 bits per heavy atom. The predicted molar refractivity (Wildman–Crippen MR) is 30.1 cm³/mol. The van der Waals surface area contributed by atoms with Crippen LogP contribution in [0.3, 0.4) is 0 Å². The molecule has 0 N–H and O–H groups in total. The fraction of sp³-hybridized carbons (Fsp3) is 0.667. The van der Waals surface area contributed by atoms with Gasteiger partial charge in [0.1, 0.15) is 0 Å². The van der Waals surface area contributed by atoms with Crippen LogP contribution in [0.15, 0.2) is 12.0 Å². The first-order valence-corrected chi connectivity index (χ1v) is 3.12. The van der Waals surface area contributed by atoms with Crippen LogP contribution in [0.25, 0.3) is 0 Å². The summed E-state index contributed by atoms with van der Waals surface area (Å²) in [5.41, 5.74) is 0. The second-order valence-corrected chi connectivity index (χ2v) is 2.00. The Labute approximate surface area is 57.4 Å². The molecule has 0 saturated heterocycles. The maximum absolute atomic E-state index is 12.0. The number of hydrogen-bond acceptors (Lipinski definition) is 2. The van der Waals surface area contributed by atoms with Gasteiger partial charge < -0.3 is 9.47 Å². The molecule has 0 bridgehead atoms. The van der Waals surface area contributed by atoms with Gasteiger partial charge in [-0.15, -0.1) is 0 Å². The minimum atomic E-state index is -1.24. The highest BCUT2D eigenvalue weighted by atomic mass is 19.2. The Morgan fingerprint density at radius 3 is 2.20 bits per heavy atom. The van der Waals surface area contributed by atoms with E-state index in [0.717, 1.165) is 6.42 Å². The van der Waals surface area contributed by atoms with Crippen molar-refractivity contribution in [1.82, 2.24) is 0 Å². The summed E-state index contributed by atoms with van der Waals surface area (Å²) in [5, 5.41) is 0. The zero-order valence-electron chi connectivity index (χ0n) is 5.56. The van der Waals surface area contributed by atoms with Crippen LogP contribution in [0.1, 0.15) is 19.8 Å². The fourth-order valence-electron chi connectivity index (χ4n) is 0.701. The van der Waals surface area contributed by atoms with E-state index >= 15 is 0 Å². The fourth-order valence-corrected chi connectivity index (χ4v) is 0.701. The molecule has 0 fully saturated rings. The maximum atomic E-state index is 12.0. The Kier molecular flexibility index (Phi) is 2.09. The van der Waals surface area contributed by atoms with E-state index in [0.29, 0.717) is 6.42 Å². The molecule has 0 aromatic heterocycles. The van der Waals surface area contributed by atoms with Gasteiger partial charge in [0.05, 0.1) is 0 Å². The van der Waals surface area contributed by atoms with E-state index in [2.05, 4.69) is 9.47 Å². The lowest BCUT2D eigenvalue weighted by atomic mass is 10.3. The Hall–Kier alpha value is -0.800. The number of halogens is 2. The summed E-state index contributed by atoms with van der Waals surface area (Å²) in [5.74, 6) is 0. The zero-order chi connectivity index (χ0) is 7.56. The third-order valence-corrected chi connectivity index (χ3v) is 1.15. The normalized spacial score (nSPS) is 19.1. The van der Waals surface area contributed by atoms with Crippen LogP contribution in [-0.2, 0) is 9.47 Å². The molecule has 0 aromatic rings. The Morgan fingerprint density at radius 2 is 1.80 bits per heavy atom. The van der Waals surface area contributed by atoms with Crippen LogP contribution in [0.5, 0.6) is 0 Å². The van der Waals surface area contributed by atoms with Crippen LogP contribution in [-0.4, -0.2) is 6.29 Å². The molecule has 1 aliphatic rings. The molecule has 0 aliphatic carbocycles. The van der Waals surface area contributed by atoms with Gasteiger partial charge in [-0.1, -0.05) is 6.92 Å². The lowest BCUT2D eigenvalue weighted by Gasteiger charge is -2.06. The van der Waals surface area contributed by atoms with Gasteiger partial charge in [-0.2, -0.15) is 8.78 Å². The molecule has 0 radical (unpaired) electrons. The summed E-state index contributed by atoms with van der Waals surface area (Å²) in [6.45, 7) is 1.88. The van der Waals surface area contributed by atoms with Gasteiger partial charge in [-0.3, -0.25) is 0 Å². The van der Waals surface area contributed by atoms with Gasteiger partial charge in [-0.25, -0.2) is 0 Å². The van der Waals surface area contributed by atoms with Crippen molar-refractivity contribution in [3.05, 3.63) is 12.0 Å². The Balaban J connectivity index is 2.36. The van der Waals surface area contributed by atoms with Crippen molar-refractivity contribution >= 4 is 0 Å². The number of hydrogen-bond donors (Lipinski definition) is 0. The number of rotatable bonds is 2.